The van der Waals surface area contributed by atoms with Crippen LogP contribution >= 0.6 is 11.6 Å². The van der Waals surface area contributed by atoms with E-state index < -0.39 is 59.8 Å². The summed E-state index contributed by atoms with van der Waals surface area (Å²) < 4.78 is 29.3. The number of nitrogens with zero attached hydrogens (tertiary/aromatic N) is 2. The number of hydrogen-bond acceptors (Lipinski definition) is 10. The molecule has 0 aliphatic carbocycles. The van der Waals surface area contributed by atoms with Gasteiger partial charge in [-0.05, 0) is 72.7 Å². The first-order valence-electron chi connectivity index (χ1n) is 16.6. The molecule has 2 fully saturated rings. The Hall–Kier alpha value is -3.16. The third kappa shape index (κ3) is 8.26. The van der Waals surface area contributed by atoms with Gasteiger partial charge in [-0.3, -0.25) is 19.8 Å². The predicted molar refractivity (Wildman–Crippen MR) is 186 cm³/mol. The van der Waals surface area contributed by atoms with Gasteiger partial charge in [0.15, 0.2) is 5.72 Å². The molecule has 4 bridgehead atoms. The van der Waals surface area contributed by atoms with Crippen molar-refractivity contribution < 1.29 is 43.2 Å². The number of fused-ring (bicyclic) bond motifs is 5. The molecule has 0 spiro atoms. The van der Waals surface area contributed by atoms with Crippen LogP contribution in [0.5, 0.6) is 5.75 Å². The maximum absolute atomic E-state index is 14.1. The second-order valence-corrected chi connectivity index (χ2v) is 15.1. The molecule has 2 saturated heterocycles. The number of likely N-dealkylation sites (N-methyl/N-ethyl adjacent to an activating group) is 1. The van der Waals surface area contributed by atoms with Crippen molar-refractivity contribution in [2.45, 2.75) is 115 Å². The van der Waals surface area contributed by atoms with Gasteiger partial charge >= 0.3 is 12.1 Å². The highest BCUT2D eigenvalue weighted by atomic mass is 35.5. The first kappa shape index (κ1) is 38.6. The molecule has 0 aromatic heterocycles. The van der Waals surface area contributed by atoms with Crippen molar-refractivity contribution in [3.8, 4) is 5.75 Å². The van der Waals surface area contributed by atoms with Crippen molar-refractivity contribution in [3.63, 3.8) is 0 Å². The standard InChI is InChI=1S/C36H52ClN3O9/c1-20-13-12-14-27(46-11)36(44)19-26(47-33(43)38-36)21(2)31-35(7,49-31)28(48-32(42)22(3)40(9)34(4,5)6)18-29(41)39(8)24-16-23(15-20)17-25(45-10)30(24)37/h12-14,16-17,21-22,26-28,31,44H,15,18-19H2,1-11H3,(H,38,43)/b14-12+,20-13+/t21-,22+,26+,27-,28+,31+,35+,36+/m1/s1. The predicted octanol–water partition coefficient (Wildman–Crippen LogP) is 4.79. The summed E-state index contributed by atoms with van der Waals surface area (Å²) in [4.78, 5) is 43.9. The summed E-state index contributed by atoms with van der Waals surface area (Å²) in [6, 6.07) is 3.01. The number of allylic oxidation sites excluding steroid dienone is 3. The lowest BCUT2D eigenvalue weighted by molar-refractivity contribution is -0.160. The van der Waals surface area contributed by atoms with Gasteiger partial charge in [0.2, 0.25) is 5.91 Å². The summed E-state index contributed by atoms with van der Waals surface area (Å²) >= 11 is 6.75. The number of alkyl carbamates (subject to hydrolysis) is 1. The number of nitrogens with one attached hydrogen (secondary N) is 1. The molecule has 2 N–H and O–H groups in total. The summed E-state index contributed by atoms with van der Waals surface area (Å²) in [6.07, 6.45) is 1.48. The van der Waals surface area contributed by atoms with Crippen molar-refractivity contribution >= 4 is 35.3 Å². The van der Waals surface area contributed by atoms with E-state index in [1.165, 1.54) is 19.1 Å². The highest BCUT2D eigenvalue weighted by Crippen LogP contribution is 2.49. The van der Waals surface area contributed by atoms with Crippen LogP contribution < -0.4 is 15.0 Å². The highest BCUT2D eigenvalue weighted by molar-refractivity contribution is 6.35. The molecule has 13 heteroatoms. The van der Waals surface area contributed by atoms with Crippen molar-refractivity contribution in [2.75, 3.05) is 33.2 Å². The number of hydrogen-bond donors (Lipinski definition) is 2. The zero-order valence-electron chi connectivity index (χ0n) is 30.5. The minimum Gasteiger partial charge on any atom is -0.495 e. The molecule has 0 radical (unpaired) electrons. The molecule has 3 aliphatic rings. The Labute approximate surface area is 294 Å². The maximum atomic E-state index is 14.1. The Morgan fingerprint density at radius 3 is 2.53 bits per heavy atom. The van der Waals surface area contributed by atoms with Crippen molar-refractivity contribution in [1.29, 1.82) is 0 Å². The van der Waals surface area contributed by atoms with E-state index in [2.05, 4.69) is 5.32 Å². The summed E-state index contributed by atoms with van der Waals surface area (Å²) in [5, 5.41) is 14.5. The monoisotopic (exact) mass is 705 g/mol. The Bertz CT molecular complexity index is 1490. The van der Waals surface area contributed by atoms with Crippen LogP contribution in [0.2, 0.25) is 5.02 Å². The summed E-state index contributed by atoms with van der Waals surface area (Å²) in [5.41, 5.74) is -1.00. The molecule has 49 heavy (non-hydrogen) atoms. The van der Waals surface area contributed by atoms with E-state index in [0.29, 0.717) is 17.9 Å². The third-order valence-corrected chi connectivity index (χ3v) is 10.6. The van der Waals surface area contributed by atoms with Gasteiger partial charge in [0.25, 0.3) is 0 Å². The van der Waals surface area contributed by atoms with Gasteiger partial charge in [-0.2, -0.15) is 0 Å². The fraction of sp³-hybridized carbons (Fsp3) is 0.639. The van der Waals surface area contributed by atoms with E-state index in [1.54, 1.807) is 33.0 Å². The first-order chi connectivity index (χ1) is 22.7. The number of ether oxygens (including phenoxy) is 5. The molecule has 1 aromatic carbocycles. The van der Waals surface area contributed by atoms with Gasteiger partial charge in [0.1, 0.15) is 40.7 Å². The van der Waals surface area contributed by atoms with E-state index in [-0.39, 0.29) is 29.3 Å². The summed E-state index contributed by atoms with van der Waals surface area (Å²) in [6.45, 7) is 13.3. The molecule has 12 nitrogen and oxygen atoms in total. The number of methoxy groups -OCH3 is 2. The number of amides is 2. The fourth-order valence-electron chi connectivity index (χ4n) is 6.58. The molecular formula is C36H52ClN3O9. The summed E-state index contributed by atoms with van der Waals surface area (Å²) in [7, 11) is 6.42. The van der Waals surface area contributed by atoms with Gasteiger partial charge in [-0.25, -0.2) is 4.79 Å². The highest BCUT2D eigenvalue weighted by Gasteiger charge is 2.64. The second-order valence-electron chi connectivity index (χ2n) is 14.7. The number of rotatable bonds is 5. The molecule has 272 valence electrons. The van der Waals surface area contributed by atoms with Gasteiger partial charge < -0.3 is 33.7 Å². The van der Waals surface area contributed by atoms with Crippen LogP contribution in [0.15, 0.2) is 35.9 Å². The van der Waals surface area contributed by atoms with E-state index in [0.717, 1.165) is 11.1 Å². The summed E-state index contributed by atoms with van der Waals surface area (Å²) in [5.74, 6) is -0.938. The van der Waals surface area contributed by atoms with E-state index in [9.17, 15) is 19.5 Å². The first-order valence-corrected chi connectivity index (χ1v) is 17.0. The minimum atomic E-state index is -1.79. The molecule has 8 atom stereocenters. The van der Waals surface area contributed by atoms with Crippen LogP contribution in [0.1, 0.15) is 66.9 Å². The zero-order valence-corrected chi connectivity index (χ0v) is 31.2. The molecule has 0 saturated carbocycles. The Kier molecular flexibility index (Phi) is 11.5. The lowest BCUT2D eigenvalue weighted by Crippen LogP contribution is -2.63. The average molecular weight is 706 g/mol. The van der Waals surface area contributed by atoms with Crippen LogP contribution in [0.3, 0.4) is 0 Å². The van der Waals surface area contributed by atoms with Crippen LogP contribution in [0.25, 0.3) is 0 Å². The molecule has 0 unspecified atom stereocenters. The topological polar surface area (TPSA) is 139 Å². The van der Waals surface area contributed by atoms with Crippen LogP contribution in [0.4, 0.5) is 10.5 Å². The van der Waals surface area contributed by atoms with Gasteiger partial charge in [-0.1, -0.05) is 42.3 Å². The number of epoxide rings is 1. The van der Waals surface area contributed by atoms with Gasteiger partial charge in [0, 0.05) is 32.0 Å². The largest absolute Gasteiger partial charge is 0.495 e. The number of carbonyl (C=O) groups excluding carboxylic acids is 3. The Morgan fingerprint density at radius 2 is 1.92 bits per heavy atom. The lowest BCUT2D eigenvalue weighted by atomic mass is 9.83. The zero-order chi connectivity index (χ0) is 36.6. The van der Waals surface area contributed by atoms with E-state index in [4.69, 9.17) is 35.3 Å². The van der Waals surface area contributed by atoms with Crippen molar-refractivity contribution in [1.82, 2.24) is 10.2 Å². The van der Waals surface area contributed by atoms with Gasteiger partial charge in [0.05, 0.1) is 25.3 Å². The lowest BCUT2D eigenvalue weighted by Gasteiger charge is -2.42. The maximum Gasteiger partial charge on any atom is 0.409 e. The Morgan fingerprint density at radius 1 is 1.24 bits per heavy atom. The number of carbonyl (C=O) groups is 3. The average Bonchev–Trinajstić information content (AvgIpc) is 3.72. The number of anilines is 1. The van der Waals surface area contributed by atoms with E-state index >= 15 is 0 Å². The number of benzene rings is 1. The van der Waals surface area contributed by atoms with Crippen molar-refractivity contribution in [3.05, 3.63) is 46.5 Å². The van der Waals surface area contributed by atoms with Crippen LogP contribution in [-0.4, -0.2) is 104 Å². The number of esters is 1. The van der Waals surface area contributed by atoms with Crippen molar-refractivity contribution in [2.24, 2.45) is 5.92 Å². The second kappa shape index (κ2) is 14.6. The number of halogens is 1. The third-order valence-electron chi connectivity index (χ3n) is 10.2. The fourth-order valence-corrected chi connectivity index (χ4v) is 6.90. The minimum absolute atomic E-state index is 0.00888. The SMILES string of the molecule is COc1cc2cc(c1Cl)N(C)C(=O)C[C@H](OC(=O)[C@H](C)N(C)C(C)(C)C)[C@]1(C)O[C@H]1[C@H](C)[C@@H]1C[C@@](O)(NC(=O)O1)[C@H](OC)/C=C/C=C(\C)C2. The van der Waals surface area contributed by atoms with Crippen LogP contribution in [0, 0.1) is 5.92 Å². The molecular weight excluding hydrogens is 654 g/mol. The Balaban J connectivity index is 1.79. The van der Waals surface area contributed by atoms with Crippen LogP contribution in [-0.2, 0) is 35.0 Å². The molecule has 3 heterocycles. The quantitative estimate of drug-likeness (QED) is 0.325. The van der Waals surface area contributed by atoms with Gasteiger partial charge in [-0.15, -0.1) is 0 Å². The van der Waals surface area contributed by atoms with E-state index in [1.807, 2.05) is 64.8 Å². The molecule has 3 aliphatic heterocycles. The molecule has 1 aromatic rings. The smallest absolute Gasteiger partial charge is 0.409 e. The molecule has 4 rings (SSSR count). The number of aliphatic hydroxyl groups is 1. The molecule has 2 amide bonds. The normalized spacial score (nSPS) is 33.4.